The third kappa shape index (κ3) is 3.86. The summed E-state index contributed by atoms with van der Waals surface area (Å²) in [7, 11) is 0. The summed E-state index contributed by atoms with van der Waals surface area (Å²) in [4.78, 5) is 12.4. The van der Waals surface area contributed by atoms with Crippen molar-refractivity contribution in [3.8, 4) is 0 Å². The Bertz CT molecular complexity index is 774. The SMILES string of the molecule is Cc1ccc(C(=O)c2ccc(NCc3ccccc3)cc2)cc1. The zero-order valence-electron chi connectivity index (χ0n) is 13.1. The molecule has 0 amide bonds. The molecule has 23 heavy (non-hydrogen) atoms. The fourth-order valence-electron chi connectivity index (χ4n) is 2.41. The molecule has 0 unspecified atom stereocenters. The van der Waals surface area contributed by atoms with Crippen molar-refractivity contribution in [3.63, 3.8) is 0 Å². The van der Waals surface area contributed by atoms with Crippen molar-refractivity contribution in [2.45, 2.75) is 13.5 Å². The average molecular weight is 301 g/mol. The second kappa shape index (κ2) is 6.93. The number of nitrogens with one attached hydrogen (secondary N) is 1. The summed E-state index contributed by atoms with van der Waals surface area (Å²) >= 11 is 0. The van der Waals surface area contributed by atoms with Gasteiger partial charge in [-0.15, -0.1) is 0 Å². The molecule has 2 nitrogen and oxygen atoms in total. The van der Waals surface area contributed by atoms with Crippen LogP contribution >= 0.6 is 0 Å². The molecule has 0 heterocycles. The molecule has 0 bridgehead atoms. The Morgan fingerprint density at radius 2 is 1.35 bits per heavy atom. The van der Waals surface area contributed by atoms with E-state index in [0.29, 0.717) is 5.56 Å². The van der Waals surface area contributed by atoms with Gasteiger partial charge < -0.3 is 5.32 Å². The van der Waals surface area contributed by atoms with Gasteiger partial charge in [0, 0.05) is 23.4 Å². The highest BCUT2D eigenvalue weighted by atomic mass is 16.1. The van der Waals surface area contributed by atoms with Crippen LogP contribution < -0.4 is 5.32 Å². The lowest BCUT2D eigenvalue weighted by molar-refractivity contribution is 0.103. The minimum absolute atomic E-state index is 0.0552. The maximum atomic E-state index is 12.4. The van der Waals surface area contributed by atoms with E-state index in [1.54, 1.807) is 0 Å². The van der Waals surface area contributed by atoms with Crippen LogP contribution in [0.15, 0.2) is 78.9 Å². The highest BCUT2D eigenvalue weighted by Crippen LogP contribution is 2.15. The largest absolute Gasteiger partial charge is 0.381 e. The third-order valence-corrected chi connectivity index (χ3v) is 3.80. The van der Waals surface area contributed by atoms with Gasteiger partial charge in [-0.1, -0.05) is 60.2 Å². The maximum absolute atomic E-state index is 12.4. The molecule has 0 aliphatic rings. The number of hydrogen-bond donors (Lipinski definition) is 1. The first kappa shape index (κ1) is 15.0. The number of carbonyl (C=O) groups is 1. The Kier molecular flexibility index (Phi) is 4.53. The summed E-state index contributed by atoms with van der Waals surface area (Å²) in [6, 6.07) is 25.5. The third-order valence-electron chi connectivity index (χ3n) is 3.80. The number of rotatable bonds is 5. The monoisotopic (exact) mass is 301 g/mol. The topological polar surface area (TPSA) is 29.1 Å². The van der Waals surface area contributed by atoms with E-state index in [0.717, 1.165) is 23.4 Å². The van der Waals surface area contributed by atoms with Crippen LogP contribution in [-0.2, 0) is 6.54 Å². The fourth-order valence-corrected chi connectivity index (χ4v) is 2.41. The van der Waals surface area contributed by atoms with Crippen molar-refractivity contribution in [2.75, 3.05) is 5.32 Å². The highest BCUT2D eigenvalue weighted by Gasteiger charge is 2.08. The average Bonchev–Trinajstić information content (AvgIpc) is 2.61. The van der Waals surface area contributed by atoms with E-state index in [1.807, 2.05) is 73.7 Å². The molecular weight excluding hydrogens is 282 g/mol. The van der Waals surface area contributed by atoms with Crippen molar-refractivity contribution < 1.29 is 4.79 Å². The number of benzene rings is 3. The molecule has 3 aromatic rings. The van der Waals surface area contributed by atoms with Gasteiger partial charge in [-0.05, 0) is 36.8 Å². The van der Waals surface area contributed by atoms with Gasteiger partial charge in [-0.25, -0.2) is 0 Å². The van der Waals surface area contributed by atoms with E-state index < -0.39 is 0 Å². The minimum atomic E-state index is 0.0552. The van der Waals surface area contributed by atoms with Crippen LogP contribution in [-0.4, -0.2) is 5.78 Å². The molecule has 0 spiro atoms. The first-order valence-electron chi connectivity index (χ1n) is 7.71. The zero-order valence-corrected chi connectivity index (χ0v) is 13.1. The molecule has 0 fully saturated rings. The molecule has 1 N–H and O–H groups in total. The van der Waals surface area contributed by atoms with Gasteiger partial charge in [0.2, 0.25) is 0 Å². The molecule has 0 saturated carbocycles. The highest BCUT2D eigenvalue weighted by molar-refractivity contribution is 6.09. The van der Waals surface area contributed by atoms with E-state index >= 15 is 0 Å². The number of carbonyl (C=O) groups excluding carboxylic acids is 1. The standard InChI is InChI=1S/C21H19NO/c1-16-7-9-18(10-8-16)21(23)19-11-13-20(14-12-19)22-15-17-5-3-2-4-6-17/h2-14,22H,15H2,1H3. The minimum Gasteiger partial charge on any atom is -0.381 e. The Balaban J connectivity index is 1.67. The zero-order chi connectivity index (χ0) is 16.1. The quantitative estimate of drug-likeness (QED) is 0.683. The Hall–Kier alpha value is -2.87. The van der Waals surface area contributed by atoms with Crippen molar-refractivity contribution >= 4 is 11.5 Å². The van der Waals surface area contributed by atoms with Crippen molar-refractivity contribution in [1.29, 1.82) is 0 Å². The molecular formula is C21H19NO. The Morgan fingerprint density at radius 3 is 1.96 bits per heavy atom. The summed E-state index contributed by atoms with van der Waals surface area (Å²) in [5.74, 6) is 0.0552. The molecule has 0 radical (unpaired) electrons. The predicted molar refractivity (Wildman–Crippen MR) is 94.8 cm³/mol. The van der Waals surface area contributed by atoms with Crippen LogP contribution in [0.1, 0.15) is 27.0 Å². The summed E-state index contributed by atoms with van der Waals surface area (Å²) < 4.78 is 0. The van der Waals surface area contributed by atoms with E-state index in [2.05, 4.69) is 17.4 Å². The van der Waals surface area contributed by atoms with Gasteiger partial charge >= 0.3 is 0 Å². The van der Waals surface area contributed by atoms with Crippen LogP contribution in [0, 0.1) is 6.92 Å². The number of hydrogen-bond acceptors (Lipinski definition) is 2. The summed E-state index contributed by atoms with van der Waals surface area (Å²) in [5.41, 5.74) is 4.82. The van der Waals surface area contributed by atoms with Gasteiger partial charge in [0.15, 0.2) is 5.78 Å². The predicted octanol–water partition coefficient (Wildman–Crippen LogP) is 4.84. The maximum Gasteiger partial charge on any atom is 0.193 e. The van der Waals surface area contributed by atoms with E-state index in [-0.39, 0.29) is 5.78 Å². The number of anilines is 1. The van der Waals surface area contributed by atoms with Crippen molar-refractivity contribution in [1.82, 2.24) is 0 Å². The molecule has 3 rings (SSSR count). The van der Waals surface area contributed by atoms with Crippen LogP contribution in [0.2, 0.25) is 0 Å². The molecule has 0 aliphatic heterocycles. The van der Waals surface area contributed by atoms with Gasteiger partial charge in [-0.2, -0.15) is 0 Å². The second-order valence-corrected chi connectivity index (χ2v) is 5.61. The van der Waals surface area contributed by atoms with Crippen LogP contribution in [0.3, 0.4) is 0 Å². The normalized spacial score (nSPS) is 10.3. The molecule has 114 valence electrons. The first-order valence-corrected chi connectivity index (χ1v) is 7.71. The lowest BCUT2D eigenvalue weighted by Crippen LogP contribution is -2.02. The Labute approximate surface area is 136 Å². The smallest absolute Gasteiger partial charge is 0.193 e. The molecule has 3 aromatic carbocycles. The van der Waals surface area contributed by atoms with Crippen LogP contribution in [0.5, 0.6) is 0 Å². The lowest BCUT2D eigenvalue weighted by atomic mass is 10.0. The molecule has 0 aliphatic carbocycles. The van der Waals surface area contributed by atoms with Gasteiger partial charge in [0.05, 0.1) is 0 Å². The molecule has 0 aromatic heterocycles. The van der Waals surface area contributed by atoms with E-state index in [1.165, 1.54) is 5.56 Å². The van der Waals surface area contributed by atoms with Gasteiger partial charge in [0.25, 0.3) is 0 Å². The molecule has 2 heteroatoms. The van der Waals surface area contributed by atoms with Crippen molar-refractivity contribution in [3.05, 3.63) is 101 Å². The van der Waals surface area contributed by atoms with Crippen molar-refractivity contribution in [2.24, 2.45) is 0 Å². The number of ketones is 1. The number of aryl methyl sites for hydroxylation is 1. The molecule has 0 atom stereocenters. The van der Waals surface area contributed by atoms with Gasteiger partial charge in [0.1, 0.15) is 0 Å². The molecule has 0 saturated heterocycles. The van der Waals surface area contributed by atoms with E-state index in [9.17, 15) is 4.79 Å². The summed E-state index contributed by atoms with van der Waals surface area (Å²) in [5, 5.41) is 3.36. The van der Waals surface area contributed by atoms with Crippen LogP contribution in [0.4, 0.5) is 5.69 Å². The van der Waals surface area contributed by atoms with E-state index in [4.69, 9.17) is 0 Å². The van der Waals surface area contributed by atoms with Gasteiger partial charge in [-0.3, -0.25) is 4.79 Å². The summed E-state index contributed by atoms with van der Waals surface area (Å²) in [6.45, 7) is 2.79. The summed E-state index contributed by atoms with van der Waals surface area (Å²) in [6.07, 6.45) is 0. The second-order valence-electron chi connectivity index (χ2n) is 5.61. The fraction of sp³-hybridized carbons (Fsp3) is 0.0952. The Morgan fingerprint density at radius 1 is 0.783 bits per heavy atom. The first-order chi connectivity index (χ1) is 11.2. The van der Waals surface area contributed by atoms with Crippen LogP contribution in [0.25, 0.3) is 0 Å². The lowest BCUT2D eigenvalue weighted by Gasteiger charge is -2.08.